The number of rotatable bonds is 5. The molecule has 0 amide bonds. The van der Waals surface area contributed by atoms with Gasteiger partial charge in [-0.2, -0.15) is 0 Å². The molecule has 0 N–H and O–H groups in total. The minimum Gasteiger partial charge on any atom is -0.455 e. The summed E-state index contributed by atoms with van der Waals surface area (Å²) in [6.07, 6.45) is 0. The van der Waals surface area contributed by atoms with Crippen molar-refractivity contribution in [2.24, 2.45) is 0 Å². The molecule has 0 saturated heterocycles. The maximum atomic E-state index is 12.0. The Morgan fingerprint density at radius 2 is 1.95 bits per heavy atom. The lowest BCUT2D eigenvalue weighted by atomic mass is 10.2. The van der Waals surface area contributed by atoms with Crippen LogP contribution in [0, 0.1) is 0 Å². The third-order valence-electron chi connectivity index (χ3n) is 2.90. The maximum Gasteiger partial charge on any atom is 0.381 e. The van der Waals surface area contributed by atoms with Crippen LogP contribution in [0.3, 0.4) is 0 Å². The molecule has 2 heterocycles. The molecule has 0 fully saturated rings. The molecule has 0 bridgehead atoms. The van der Waals surface area contributed by atoms with Crippen LogP contribution in [0.15, 0.2) is 58.4 Å². The number of benzene rings is 1. The van der Waals surface area contributed by atoms with Crippen LogP contribution in [0.4, 0.5) is 0 Å². The van der Waals surface area contributed by atoms with Gasteiger partial charge in [0.1, 0.15) is 6.61 Å². The van der Waals surface area contributed by atoms with Gasteiger partial charge in [0.25, 0.3) is 5.78 Å². The molecule has 6 heteroatoms. The third-order valence-corrected chi connectivity index (χ3v) is 3.79. The molecule has 0 saturated carbocycles. The fraction of sp³-hybridized carbons (Fsp3) is 0.0625. The number of hydrogen-bond acceptors (Lipinski definition) is 6. The summed E-state index contributed by atoms with van der Waals surface area (Å²) in [5.74, 6) is -1.31. The van der Waals surface area contributed by atoms with Crippen molar-refractivity contribution in [3.05, 3.63) is 65.2 Å². The topological polar surface area (TPSA) is 69.4 Å². The van der Waals surface area contributed by atoms with Gasteiger partial charge in [-0.15, -0.1) is 11.3 Å². The van der Waals surface area contributed by atoms with Gasteiger partial charge in [-0.05, 0) is 17.0 Å². The number of Topliss-reactive ketones (excluding diaryl/α,β-unsaturated/α-hetero) is 1. The van der Waals surface area contributed by atoms with Crippen LogP contribution in [0.1, 0.15) is 16.1 Å². The van der Waals surface area contributed by atoms with Gasteiger partial charge < -0.3 is 9.26 Å². The van der Waals surface area contributed by atoms with Crippen LogP contribution >= 0.6 is 11.3 Å². The first kappa shape index (κ1) is 14.2. The van der Waals surface area contributed by atoms with Crippen molar-refractivity contribution >= 4 is 23.1 Å². The second-order valence-corrected chi connectivity index (χ2v) is 5.39. The van der Waals surface area contributed by atoms with Crippen molar-refractivity contribution in [3.63, 3.8) is 0 Å². The predicted octanol–water partition coefficient (Wildman–Crippen LogP) is 3.33. The minimum absolute atomic E-state index is 0.0427. The molecule has 0 unspecified atom stereocenters. The van der Waals surface area contributed by atoms with E-state index in [1.165, 1.54) is 17.4 Å². The Labute approximate surface area is 130 Å². The van der Waals surface area contributed by atoms with E-state index in [0.29, 0.717) is 5.76 Å². The summed E-state index contributed by atoms with van der Waals surface area (Å²) in [5, 5.41) is 5.51. The molecule has 0 aliphatic carbocycles. The van der Waals surface area contributed by atoms with E-state index >= 15 is 0 Å². The molecule has 1 aromatic carbocycles. The van der Waals surface area contributed by atoms with Gasteiger partial charge in [0.05, 0.1) is 4.88 Å². The number of aromatic nitrogens is 1. The summed E-state index contributed by atoms with van der Waals surface area (Å²) in [4.78, 5) is 24.6. The highest BCUT2D eigenvalue weighted by Gasteiger charge is 2.23. The normalized spacial score (nSPS) is 10.4. The fourth-order valence-electron chi connectivity index (χ4n) is 1.81. The van der Waals surface area contributed by atoms with Crippen molar-refractivity contribution < 1.29 is 18.8 Å². The summed E-state index contributed by atoms with van der Waals surface area (Å²) in [7, 11) is 0. The summed E-state index contributed by atoms with van der Waals surface area (Å²) in [6, 6.07) is 14.3. The second-order valence-electron chi connectivity index (χ2n) is 4.44. The quantitative estimate of drug-likeness (QED) is 0.410. The molecule has 3 rings (SSSR count). The molecule has 5 nitrogen and oxygen atoms in total. The summed E-state index contributed by atoms with van der Waals surface area (Å²) >= 11 is 1.46. The van der Waals surface area contributed by atoms with Crippen LogP contribution in [0.25, 0.3) is 10.6 Å². The highest BCUT2D eigenvalue weighted by Crippen LogP contribution is 2.25. The molecule has 110 valence electrons. The zero-order valence-electron chi connectivity index (χ0n) is 11.4. The zero-order chi connectivity index (χ0) is 15.4. The lowest BCUT2D eigenvalue weighted by molar-refractivity contribution is -0.139. The molecule has 0 atom stereocenters. The molecule has 2 aromatic heterocycles. The highest BCUT2D eigenvalue weighted by molar-refractivity contribution is 7.13. The third kappa shape index (κ3) is 3.12. The molecule has 0 aliphatic heterocycles. The first-order valence-corrected chi connectivity index (χ1v) is 7.38. The van der Waals surface area contributed by atoms with E-state index in [1.807, 2.05) is 47.8 Å². The number of thiophene rings is 1. The lowest BCUT2D eigenvalue weighted by Crippen LogP contribution is -2.17. The van der Waals surface area contributed by atoms with Crippen molar-refractivity contribution in [1.82, 2.24) is 5.16 Å². The van der Waals surface area contributed by atoms with Crippen LogP contribution in [0.2, 0.25) is 0 Å². The molecular weight excluding hydrogens is 302 g/mol. The number of ketones is 1. The van der Waals surface area contributed by atoms with E-state index in [1.54, 1.807) is 0 Å². The lowest BCUT2D eigenvalue weighted by Gasteiger charge is -2.02. The van der Waals surface area contributed by atoms with E-state index in [4.69, 9.17) is 9.26 Å². The SMILES string of the molecule is O=C(OCc1ccccc1)C(=O)c1cc(-c2cccs2)on1. The van der Waals surface area contributed by atoms with Crippen molar-refractivity contribution in [1.29, 1.82) is 0 Å². The Bertz CT molecular complexity index is 778. The smallest absolute Gasteiger partial charge is 0.381 e. The number of carbonyl (C=O) groups is 2. The average molecular weight is 313 g/mol. The molecular formula is C16H11NO4S. The van der Waals surface area contributed by atoms with Gasteiger partial charge in [-0.3, -0.25) is 4.79 Å². The largest absolute Gasteiger partial charge is 0.455 e. The molecule has 0 radical (unpaired) electrons. The first-order valence-electron chi connectivity index (χ1n) is 6.50. The van der Waals surface area contributed by atoms with E-state index < -0.39 is 11.8 Å². The van der Waals surface area contributed by atoms with Gasteiger partial charge >= 0.3 is 5.97 Å². The van der Waals surface area contributed by atoms with Crippen LogP contribution in [-0.4, -0.2) is 16.9 Å². The van der Waals surface area contributed by atoms with E-state index in [-0.39, 0.29) is 12.3 Å². The highest BCUT2D eigenvalue weighted by atomic mass is 32.1. The number of esters is 1. The van der Waals surface area contributed by atoms with Crippen LogP contribution in [-0.2, 0) is 16.1 Å². The van der Waals surface area contributed by atoms with Gasteiger partial charge in [-0.25, -0.2) is 4.79 Å². The standard InChI is InChI=1S/C16H11NO4S/c18-15(16(19)20-10-11-5-2-1-3-6-11)12-9-13(21-17-12)14-7-4-8-22-14/h1-9H,10H2. The van der Waals surface area contributed by atoms with E-state index in [9.17, 15) is 9.59 Å². The Morgan fingerprint density at radius 3 is 2.68 bits per heavy atom. The number of ether oxygens (including phenoxy) is 1. The minimum atomic E-state index is -0.949. The molecule has 22 heavy (non-hydrogen) atoms. The van der Waals surface area contributed by atoms with Gasteiger partial charge in [-0.1, -0.05) is 41.6 Å². The van der Waals surface area contributed by atoms with Gasteiger partial charge in [0.2, 0.25) is 0 Å². The number of carbonyl (C=O) groups excluding carboxylic acids is 2. The molecule has 0 spiro atoms. The van der Waals surface area contributed by atoms with E-state index in [0.717, 1.165) is 10.4 Å². The Kier molecular flexibility index (Phi) is 4.11. The first-order chi connectivity index (χ1) is 10.7. The summed E-state index contributed by atoms with van der Waals surface area (Å²) in [6.45, 7) is 0.0427. The van der Waals surface area contributed by atoms with Crippen molar-refractivity contribution in [2.45, 2.75) is 6.61 Å². The monoisotopic (exact) mass is 313 g/mol. The molecule has 0 aliphatic rings. The van der Waals surface area contributed by atoms with Crippen LogP contribution in [0.5, 0.6) is 0 Å². The number of nitrogens with zero attached hydrogens (tertiary/aromatic N) is 1. The Balaban J connectivity index is 1.65. The van der Waals surface area contributed by atoms with Crippen molar-refractivity contribution in [2.75, 3.05) is 0 Å². The maximum absolute atomic E-state index is 12.0. The van der Waals surface area contributed by atoms with Crippen molar-refractivity contribution in [3.8, 4) is 10.6 Å². The van der Waals surface area contributed by atoms with E-state index in [2.05, 4.69) is 5.16 Å². The molecule has 3 aromatic rings. The second kappa shape index (κ2) is 6.36. The summed E-state index contributed by atoms with van der Waals surface area (Å²) < 4.78 is 10.1. The Morgan fingerprint density at radius 1 is 1.14 bits per heavy atom. The van der Waals surface area contributed by atoms with Gasteiger partial charge in [0.15, 0.2) is 11.5 Å². The Hall–Kier alpha value is -2.73. The number of hydrogen-bond donors (Lipinski definition) is 0. The average Bonchev–Trinajstić information content (AvgIpc) is 3.23. The fourth-order valence-corrected chi connectivity index (χ4v) is 2.48. The van der Waals surface area contributed by atoms with Crippen LogP contribution < -0.4 is 0 Å². The predicted molar refractivity (Wildman–Crippen MR) is 80.4 cm³/mol. The summed E-state index contributed by atoms with van der Waals surface area (Å²) in [5.41, 5.74) is 0.754. The zero-order valence-corrected chi connectivity index (χ0v) is 12.2. The van der Waals surface area contributed by atoms with Gasteiger partial charge in [0, 0.05) is 6.07 Å².